The Hall–Kier alpha value is -2.76. The quantitative estimate of drug-likeness (QED) is 0.830. The van der Waals surface area contributed by atoms with Gasteiger partial charge in [-0.2, -0.15) is 0 Å². The molecular formula is C14H15N3O3. The number of hydrogen-bond acceptors (Lipinski definition) is 6. The summed E-state index contributed by atoms with van der Waals surface area (Å²) in [4.78, 5) is 15.7. The molecule has 1 aromatic heterocycles. The lowest BCUT2D eigenvalue weighted by Gasteiger charge is -2.11. The molecule has 6 heteroatoms. The van der Waals surface area contributed by atoms with Crippen LogP contribution in [0.25, 0.3) is 0 Å². The van der Waals surface area contributed by atoms with Crippen LogP contribution in [-0.4, -0.2) is 25.2 Å². The Labute approximate surface area is 116 Å². The number of esters is 1. The molecule has 0 aliphatic carbocycles. The van der Waals surface area contributed by atoms with Crippen LogP contribution in [-0.2, 0) is 4.74 Å². The monoisotopic (exact) mass is 273 g/mol. The fourth-order valence-electron chi connectivity index (χ4n) is 1.70. The topological polar surface area (TPSA) is 86.5 Å². The van der Waals surface area contributed by atoms with Crippen molar-refractivity contribution < 1.29 is 14.3 Å². The molecule has 0 atom stereocenters. The molecule has 0 fully saturated rings. The Bertz CT molecular complexity index is 629. The van der Waals surface area contributed by atoms with Crippen molar-refractivity contribution in [1.29, 1.82) is 0 Å². The summed E-state index contributed by atoms with van der Waals surface area (Å²) in [5.74, 6) is 0.595. The molecule has 2 rings (SSSR count). The van der Waals surface area contributed by atoms with Crippen LogP contribution in [0.5, 0.6) is 5.75 Å². The first kappa shape index (κ1) is 13.7. The minimum absolute atomic E-state index is 0.238. The number of methoxy groups -OCH3 is 2. The highest BCUT2D eigenvalue weighted by molar-refractivity contribution is 5.97. The summed E-state index contributed by atoms with van der Waals surface area (Å²) in [5, 5.41) is 3.04. The zero-order valence-corrected chi connectivity index (χ0v) is 11.2. The first-order valence-corrected chi connectivity index (χ1v) is 5.89. The summed E-state index contributed by atoms with van der Waals surface area (Å²) in [6, 6.07) is 8.81. The molecule has 0 aliphatic heterocycles. The Morgan fingerprint density at radius 1 is 1.30 bits per heavy atom. The van der Waals surface area contributed by atoms with Gasteiger partial charge in [0.25, 0.3) is 0 Å². The van der Waals surface area contributed by atoms with Gasteiger partial charge in [-0.3, -0.25) is 0 Å². The van der Waals surface area contributed by atoms with Crippen molar-refractivity contribution in [2.45, 2.75) is 0 Å². The molecule has 0 radical (unpaired) electrons. The van der Waals surface area contributed by atoms with Gasteiger partial charge in [0.2, 0.25) is 0 Å². The lowest BCUT2D eigenvalue weighted by molar-refractivity contribution is 0.0602. The van der Waals surface area contributed by atoms with Gasteiger partial charge in [-0.15, -0.1) is 0 Å². The van der Waals surface area contributed by atoms with Crippen LogP contribution in [0.15, 0.2) is 36.5 Å². The number of carbonyl (C=O) groups is 1. The minimum atomic E-state index is -0.501. The number of nitrogens with two attached hydrogens (primary N) is 1. The number of rotatable bonds is 4. The van der Waals surface area contributed by atoms with Gasteiger partial charge >= 0.3 is 5.97 Å². The van der Waals surface area contributed by atoms with E-state index < -0.39 is 5.97 Å². The standard InChI is InChI=1S/C14H15N3O3/c1-19-10-5-3-4-9(8-10)17-13-12(15)11(6-7-16-13)14(18)20-2/h3-8H,15H2,1-2H3,(H,16,17). The Morgan fingerprint density at radius 3 is 2.80 bits per heavy atom. The Morgan fingerprint density at radius 2 is 2.10 bits per heavy atom. The van der Waals surface area contributed by atoms with Crippen LogP contribution in [0, 0.1) is 0 Å². The van der Waals surface area contributed by atoms with E-state index in [2.05, 4.69) is 15.0 Å². The number of hydrogen-bond donors (Lipinski definition) is 2. The smallest absolute Gasteiger partial charge is 0.340 e. The van der Waals surface area contributed by atoms with E-state index in [0.717, 1.165) is 5.69 Å². The van der Waals surface area contributed by atoms with Crippen molar-refractivity contribution in [3.63, 3.8) is 0 Å². The second-order valence-electron chi connectivity index (χ2n) is 3.97. The Kier molecular flexibility index (Phi) is 4.05. The number of nitrogens with one attached hydrogen (secondary N) is 1. The molecule has 1 heterocycles. The molecule has 0 saturated carbocycles. The van der Waals surface area contributed by atoms with Crippen LogP contribution < -0.4 is 15.8 Å². The van der Waals surface area contributed by atoms with E-state index in [0.29, 0.717) is 11.6 Å². The molecule has 20 heavy (non-hydrogen) atoms. The predicted octanol–water partition coefficient (Wildman–Crippen LogP) is 2.20. The number of carbonyl (C=O) groups excluding carboxylic acids is 1. The van der Waals surface area contributed by atoms with Gasteiger partial charge in [0, 0.05) is 18.0 Å². The molecule has 0 spiro atoms. The summed E-state index contributed by atoms with van der Waals surface area (Å²) in [7, 11) is 2.89. The van der Waals surface area contributed by atoms with Gasteiger partial charge in [0.15, 0.2) is 5.82 Å². The lowest BCUT2D eigenvalue weighted by atomic mass is 10.2. The van der Waals surface area contributed by atoms with E-state index in [9.17, 15) is 4.79 Å². The van der Waals surface area contributed by atoms with Gasteiger partial charge in [-0.25, -0.2) is 9.78 Å². The average Bonchev–Trinajstić information content (AvgIpc) is 2.49. The van der Waals surface area contributed by atoms with E-state index in [4.69, 9.17) is 10.5 Å². The SMILES string of the molecule is COC(=O)c1ccnc(Nc2cccc(OC)c2)c1N. The summed E-state index contributed by atoms with van der Waals surface area (Å²) in [6.45, 7) is 0. The third-order valence-corrected chi connectivity index (χ3v) is 2.73. The van der Waals surface area contributed by atoms with Crippen molar-refractivity contribution in [2.75, 3.05) is 25.3 Å². The number of benzene rings is 1. The molecule has 0 bridgehead atoms. The zero-order valence-electron chi connectivity index (χ0n) is 11.2. The number of aromatic nitrogens is 1. The van der Waals surface area contributed by atoms with Gasteiger partial charge in [-0.1, -0.05) is 6.07 Å². The molecule has 0 unspecified atom stereocenters. The number of pyridine rings is 1. The van der Waals surface area contributed by atoms with Crippen molar-refractivity contribution >= 4 is 23.2 Å². The molecule has 1 aromatic carbocycles. The number of ether oxygens (including phenoxy) is 2. The second kappa shape index (κ2) is 5.92. The lowest BCUT2D eigenvalue weighted by Crippen LogP contribution is -2.09. The first-order chi connectivity index (χ1) is 9.65. The summed E-state index contributed by atoms with van der Waals surface area (Å²) < 4.78 is 9.80. The summed E-state index contributed by atoms with van der Waals surface area (Å²) in [6.07, 6.45) is 1.49. The van der Waals surface area contributed by atoms with E-state index >= 15 is 0 Å². The van der Waals surface area contributed by atoms with Crippen LogP contribution in [0.1, 0.15) is 10.4 Å². The summed E-state index contributed by atoms with van der Waals surface area (Å²) in [5.41, 5.74) is 7.19. The van der Waals surface area contributed by atoms with Crippen LogP contribution in [0.3, 0.4) is 0 Å². The van der Waals surface area contributed by atoms with Gasteiger partial charge in [-0.05, 0) is 18.2 Å². The Balaban J connectivity index is 2.31. The zero-order chi connectivity index (χ0) is 14.5. The summed E-state index contributed by atoms with van der Waals surface area (Å²) >= 11 is 0. The largest absolute Gasteiger partial charge is 0.497 e. The van der Waals surface area contributed by atoms with E-state index in [-0.39, 0.29) is 11.3 Å². The number of anilines is 3. The van der Waals surface area contributed by atoms with Gasteiger partial charge in [0.05, 0.1) is 25.5 Å². The highest BCUT2D eigenvalue weighted by Crippen LogP contribution is 2.26. The van der Waals surface area contributed by atoms with E-state index in [1.165, 1.54) is 19.4 Å². The molecule has 6 nitrogen and oxygen atoms in total. The maximum atomic E-state index is 11.6. The van der Waals surface area contributed by atoms with E-state index in [1.807, 2.05) is 18.2 Å². The van der Waals surface area contributed by atoms with Gasteiger partial charge in [0.1, 0.15) is 5.75 Å². The van der Waals surface area contributed by atoms with Crippen molar-refractivity contribution in [3.05, 3.63) is 42.1 Å². The van der Waals surface area contributed by atoms with Crippen molar-refractivity contribution in [2.24, 2.45) is 0 Å². The highest BCUT2D eigenvalue weighted by atomic mass is 16.5. The van der Waals surface area contributed by atoms with E-state index in [1.54, 1.807) is 13.2 Å². The fourth-order valence-corrected chi connectivity index (χ4v) is 1.70. The minimum Gasteiger partial charge on any atom is -0.497 e. The molecule has 0 aliphatic rings. The van der Waals surface area contributed by atoms with Crippen molar-refractivity contribution in [3.8, 4) is 5.75 Å². The van der Waals surface area contributed by atoms with Crippen molar-refractivity contribution in [1.82, 2.24) is 4.98 Å². The molecule has 2 aromatic rings. The average molecular weight is 273 g/mol. The number of nitrogens with zero attached hydrogens (tertiary/aromatic N) is 1. The van der Waals surface area contributed by atoms with Gasteiger partial charge < -0.3 is 20.5 Å². The highest BCUT2D eigenvalue weighted by Gasteiger charge is 2.14. The van der Waals surface area contributed by atoms with Crippen LogP contribution in [0.4, 0.5) is 17.2 Å². The normalized spacial score (nSPS) is 9.90. The van der Waals surface area contributed by atoms with Crippen LogP contribution in [0.2, 0.25) is 0 Å². The molecule has 0 amide bonds. The molecule has 0 saturated heterocycles. The fraction of sp³-hybridized carbons (Fsp3) is 0.143. The maximum absolute atomic E-state index is 11.6. The maximum Gasteiger partial charge on any atom is 0.340 e. The molecular weight excluding hydrogens is 258 g/mol. The first-order valence-electron chi connectivity index (χ1n) is 5.89. The molecule has 104 valence electrons. The number of nitrogen functional groups attached to an aromatic ring is 1. The molecule has 3 N–H and O–H groups in total. The third kappa shape index (κ3) is 2.80. The second-order valence-corrected chi connectivity index (χ2v) is 3.97. The van der Waals surface area contributed by atoms with Crippen LogP contribution >= 0.6 is 0 Å². The third-order valence-electron chi connectivity index (χ3n) is 2.73. The predicted molar refractivity (Wildman–Crippen MR) is 76.3 cm³/mol.